The van der Waals surface area contributed by atoms with E-state index in [0.29, 0.717) is 54.0 Å². The molecule has 2 aliphatic carbocycles. The number of aromatic amines is 1. The molecule has 4 aliphatic rings. The SMILES string of the molecule is CC(C)c1ccccc1[C@@H]1COCCN1C1CC2(CCN(c3ccc(C(=O)NS(=O)(=O)c4cnc(NCC5CCC(C)(O)CC5)c([N+](=O)[O-])c4)c(Oc4cnc5[nH]cc(Cl)c5c4)c3)CC2)C1. The number of rotatable bonds is 13. The molecule has 5 aromatic rings. The summed E-state index contributed by atoms with van der Waals surface area (Å²) in [4.78, 5) is 41.3. The van der Waals surface area contributed by atoms with Crippen LogP contribution in [-0.2, 0) is 14.8 Å². The Kier molecular flexibility index (Phi) is 12.8. The van der Waals surface area contributed by atoms with E-state index in [0.717, 1.165) is 82.7 Å². The smallest absolute Gasteiger partial charge is 0.312 e. The molecule has 4 fully saturated rings. The Bertz CT molecular complexity index is 2720. The lowest BCUT2D eigenvalue weighted by Gasteiger charge is -2.57. The quantitative estimate of drug-likeness (QED) is 0.0645. The number of hydrogen-bond acceptors (Lipinski definition) is 13. The Balaban J connectivity index is 0.907. The number of nitrogens with zero attached hydrogens (tertiary/aromatic N) is 5. The molecule has 3 aromatic heterocycles. The third-order valence-corrected chi connectivity index (χ3v) is 16.0. The maximum Gasteiger partial charge on any atom is 0.312 e. The number of piperidine rings is 1. The molecule has 1 spiro atoms. The Morgan fingerprint density at radius 3 is 2.56 bits per heavy atom. The molecule has 9 rings (SSSR count). The highest BCUT2D eigenvalue weighted by Gasteiger charge is 2.50. The monoisotopic (exact) mass is 940 g/mol. The third-order valence-electron chi connectivity index (χ3n) is 14.4. The van der Waals surface area contributed by atoms with Crippen LogP contribution < -0.4 is 19.7 Å². The van der Waals surface area contributed by atoms with E-state index in [9.17, 15) is 28.4 Å². The number of fused-ring (bicyclic) bond motifs is 1. The molecule has 16 nitrogen and oxygen atoms in total. The molecule has 66 heavy (non-hydrogen) atoms. The van der Waals surface area contributed by atoms with Gasteiger partial charge in [-0.15, -0.1) is 0 Å². The standard InChI is InChI=1S/C48H57ClN8O8S/c1-30(2)36-6-4-5-7-37(36)42-29-64-19-18-56(42)33-23-48(24-33)14-16-55(17-15-48)32-8-9-38(43(20-32)65-34-21-39-40(49)28-53-44(39)51-26-34)46(58)54-66(62,63)35-22-41(57(60)61)45(52-27-35)50-25-31-10-12-47(3,59)13-11-31/h4-9,20-22,26-28,30-31,33,42,59H,10-19,23-25,29H2,1-3H3,(H,50,52)(H,51,53)(H,54,58)/t31?,42-,47?/m0/s1. The summed E-state index contributed by atoms with van der Waals surface area (Å²) >= 11 is 6.40. The Morgan fingerprint density at radius 1 is 1.06 bits per heavy atom. The second-order valence-corrected chi connectivity index (χ2v) is 21.3. The number of anilines is 2. The second-order valence-electron chi connectivity index (χ2n) is 19.2. The van der Waals surface area contributed by atoms with Crippen molar-refractivity contribution in [2.24, 2.45) is 11.3 Å². The molecule has 0 unspecified atom stereocenters. The molecular weight excluding hydrogens is 884 g/mol. The molecule has 2 aromatic carbocycles. The molecule has 2 aliphatic heterocycles. The van der Waals surface area contributed by atoms with Crippen LogP contribution in [0.2, 0.25) is 5.02 Å². The molecule has 2 saturated carbocycles. The average Bonchev–Trinajstić information content (AvgIpc) is 3.66. The van der Waals surface area contributed by atoms with Gasteiger partial charge in [0.15, 0.2) is 0 Å². The van der Waals surface area contributed by atoms with Crippen molar-refractivity contribution in [1.82, 2.24) is 24.6 Å². The second kappa shape index (κ2) is 18.4. The minimum atomic E-state index is -4.66. The fourth-order valence-electron chi connectivity index (χ4n) is 10.4. The van der Waals surface area contributed by atoms with Gasteiger partial charge in [0.25, 0.3) is 15.9 Å². The number of aromatic nitrogens is 3. The highest BCUT2D eigenvalue weighted by atomic mass is 35.5. The zero-order valence-corrected chi connectivity index (χ0v) is 39.0. The summed E-state index contributed by atoms with van der Waals surface area (Å²) in [5.74, 6) is -0.142. The number of carbonyl (C=O) groups is 1. The van der Waals surface area contributed by atoms with Crippen LogP contribution in [0, 0.1) is 21.4 Å². The van der Waals surface area contributed by atoms with E-state index in [1.165, 1.54) is 23.4 Å². The van der Waals surface area contributed by atoms with Crippen molar-refractivity contribution in [3.05, 3.63) is 105 Å². The van der Waals surface area contributed by atoms with Crippen molar-refractivity contribution in [1.29, 1.82) is 0 Å². The molecule has 0 bridgehead atoms. The lowest BCUT2D eigenvalue weighted by atomic mass is 9.59. The van der Waals surface area contributed by atoms with Crippen molar-refractivity contribution in [3.63, 3.8) is 0 Å². The number of nitro groups is 1. The predicted octanol–water partition coefficient (Wildman–Crippen LogP) is 8.73. The molecule has 1 amide bonds. The first-order valence-corrected chi connectivity index (χ1v) is 24.7. The van der Waals surface area contributed by atoms with Crippen LogP contribution in [0.15, 0.2) is 78.1 Å². The number of hydrogen-bond donors (Lipinski definition) is 4. The van der Waals surface area contributed by atoms with Crippen molar-refractivity contribution in [2.75, 3.05) is 49.6 Å². The van der Waals surface area contributed by atoms with Gasteiger partial charge in [0, 0.05) is 61.6 Å². The predicted molar refractivity (Wildman–Crippen MR) is 252 cm³/mol. The molecule has 1 atom stereocenters. The van der Waals surface area contributed by atoms with Gasteiger partial charge in [0.1, 0.15) is 22.0 Å². The van der Waals surface area contributed by atoms with E-state index in [4.69, 9.17) is 21.1 Å². The maximum absolute atomic E-state index is 14.0. The van der Waals surface area contributed by atoms with Crippen molar-refractivity contribution >= 4 is 55.8 Å². The van der Waals surface area contributed by atoms with Gasteiger partial charge in [-0.1, -0.05) is 49.7 Å². The van der Waals surface area contributed by atoms with Crippen LogP contribution >= 0.6 is 11.6 Å². The average molecular weight is 942 g/mol. The number of amides is 1. The summed E-state index contributed by atoms with van der Waals surface area (Å²) in [6.45, 7) is 10.6. The van der Waals surface area contributed by atoms with Crippen LogP contribution in [0.4, 0.5) is 17.2 Å². The zero-order chi connectivity index (χ0) is 46.4. The number of H-pyrrole nitrogens is 1. The maximum atomic E-state index is 14.0. The van der Waals surface area contributed by atoms with Gasteiger partial charge >= 0.3 is 5.69 Å². The number of pyridine rings is 2. The number of nitrogens with one attached hydrogen (secondary N) is 3. The summed E-state index contributed by atoms with van der Waals surface area (Å²) in [5, 5.41) is 26.5. The number of halogens is 1. The number of morpholine rings is 1. The zero-order valence-electron chi connectivity index (χ0n) is 37.5. The summed E-state index contributed by atoms with van der Waals surface area (Å²) in [6, 6.07) is 17.1. The number of aliphatic hydroxyl groups is 1. The number of carbonyl (C=O) groups excluding carboxylic acids is 1. The van der Waals surface area contributed by atoms with E-state index in [2.05, 4.69) is 72.9 Å². The Morgan fingerprint density at radius 2 is 1.82 bits per heavy atom. The molecule has 350 valence electrons. The largest absolute Gasteiger partial charge is 0.455 e. The lowest BCUT2D eigenvalue weighted by Crippen LogP contribution is -2.58. The van der Waals surface area contributed by atoms with Gasteiger partial charge in [-0.3, -0.25) is 19.8 Å². The first-order chi connectivity index (χ1) is 31.6. The van der Waals surface area contributed by atoms with Crippen LogP contribution in [0.1, 0.15) is 106 Å². The van der Waals surface area contributed by atoms with Gasteiger partial charge < -0.3 is 29.8 Å². The number of ether oxygens (including phenoxy) is 2. The Hall–Kier alpha value is -5.33. The first-order valence-electron chi connectivity index (χ1n) is 22.9. The van der Waals surface area contributed by atoms with Crippen LogP contribution in [0.3, 0.4) is 0 Å². The fraction of sp³-hybridized carbons (Fsp3) is 0.479. The third kappa shape index (κ3) is 9.59. The summed E-state index contributed by atoms with van der Waals surface area (Å²) in [6.07, 6.45) is 11.0. The lowest BCUT2D eigenvalue weighted by molar-refractivity contribution is -0.384. The number of sulfonamides is 1. The highest BCUT2D eigenvalue weighted by molar-refractivity contribution is 7.90. The summed E-state index contributed by atoms with van der Waals surface area (Å²) < 4.78 is 41.9. The van der Waals surface area contributed by atoms with E-state index in [1.54, 1.807) is 31.3 Å². The van der Waals surface area contributed by atoms with Gasteiger partial charge in [0.2, 0.25) is 5.82 Å². The fourth-order valence-corrected chi connectivity index (χ4v) is 11.6. The highest BCUT2D eigenvalue weighted by Crippen LogP contribution is 2.53. The molecular formula is C48H57ClN8O8S. The normalized spacial score (nSPS) is 22.6. The van der Waals surface area contributed by atoms with Crippen LogP contribution in [-0.4, -0.2) is 95.2 Å². The first kappa shape index (κ1) is 45.8. The molecule has 18 heteroatoms. The minimum Gasteiger partial charge on any atom is -0.455 e. The van der Waals surface area contributed by atoms with E-state index >= 15 is 0 Å². The van der Waals surface area contributed by atoms with Gasteiger partial charge in [-0.05, 0) is 105 Å². The summed E-state index contributed by atoms with van der Waals surface area (Å²) in [7, 11) is -4.66. The number of benzene rings is 2. The topological polar surface area (TPSA) is 205 Å². The van der Waals surface area contributed by atoms with Crippen molar-refractivity contribution in [3.8, 4) is 11.5 Å². The van der Waals surface area contributed by atoms with Crippen LogP contribution in [0.5, 0.6) is 11.5 Å². The molecule has 2 saturated heterocycles. The van der Waals surface area contributed by atoms with Crippen molar-refractivity contribution in [2.45, 2.75) is 101 Å². The minimum absolute atomic E-state index is 0.0794. The molecule has 4 N–H and O–H groups in total. The molecule has 5 heterocycles. The van der Waals surface area contributed by atoms with Crippen LogP contribution in [0.25, 0.3) is 11.0 Å². The van der Waals surface area contributed by atoms with Gasteiger partial charge in [-0.25, -0.2) is 23.1 Å². The van der Waals surface area contributed by atoms with Gasteiger partial charge in [-0.2, -0.15) is 0 Å². The van der Waals surface area contributed by atoms with E-state index in [1.807, 2.05) is 0 Å². The summed E-state index contributed by atoms with van der Waals surface area (Å²) in [5.41, 5.74) is 2.98. The van der Waals surface area contributed by atoms with Gasteiger partial charge in [0.05, 0.1) is 52.8 Å². The van der Waals surface area contributed by atoms with Crippen molar-refractivity contribution < 1.29 is 32.7 Å². The Labute approximate surface area is 389 Å². The van der Waals surface area contributed by atoms with E-state index < -0.39 is 37.0 Å². The van der Waals surface area contributed by atoms with E-state index in [-0.39, 0.29) is 40.3 Å². The molecule has 0 radical (unpaired) electrons.